The Balaban J connectivity index is 1.90. The van der Waals surface area contributed by atoms with Gasteiger partial charge in [-0.1, -0.05) is 12.1 Å². The number of nitriles is 1. The second-order valence-electron chi connectivity index (χ2n) is 4.96. The maximum absolute atomic E-state index is 12.3. The molecule has 2 aromatic heterocycles. The summed E-state index contributed by atoms with van der Waals surface area (Å²) in [6, 6.07) is 8.62. The van der Waals surface area contributed by atoms with E-state index in [0.29, 0.717) is 22.2 Å². The first-order valence-electron chi connectivity index (χ1n) is 6.65. The molecule has 0 spiro atoms. The molecule has 0 bridgehead atoms. The highest BCUT2D eigenvalue weighted by molar-refractivity contribution is 5.72. The Morgan fingerprint density at radius 3 is 2.77 bits per heavy atom. The average Bonchev–Trinajstić information content (AvgIpc) is 2.92. The summed E-state index contributed by atoms with van der Waals surface area (Å²) in [5.74, 6) is 0. The molecule has 2 heterocycles. The molecule has 0 aliphatic heterocycles. The van der Waals surface area contributed by atoms with Crippen molar-refractivity contribution in [3.05, 3.63) is 58.3 Å². The van der Waals surface area contributed by atoms with E-state index in [1.54, 1.807) is 31.3 Å². The van der Waals surface area contributed by atoms with E-state index in [9.17, 15) is 9.90 Å². The summed E-state index contributed by atoms with van der Waals surface area (Å²) < 4.78 is 2.88. The number of hydrogen-bond acceptors (Lipinski definition) is 5. The molecule has 0 aliphatic rings. The van der Waals surface area contributed by atoms with E-state index in [-0.39, 0.29) is 12.1 Å². The van der Waals surface area contributed by atoms with Gasteiger partial charge in [-0.15, -0.1) is 0 Å². The van der Waals surface area contributed by atoms with Crippen LogP contribution in [0.2, 0.25) is 0 Å². The van der Waals surface area contributed by atoms with Crippen LogP contribution >= 0.6 is 0 Å². The molecule has 1 unspecified atom stereocenters. The fraction of sp³-hybridized carbons (Fsp3) is 0.200. The molecular formula is C15H13N5O2. The van der Waals surface area contributed by atoms with Gasteiger partial charge in [-0.05, 0) is 17.7 Å². The minimum atomic E-state index is -0.860. The SMILES string of the molecule is Cn1ncc2c(=O)n(CC(O)c3ccc(C#N)cc3)cnc21. The zero-order valence-corrected chi connectivity index (χ0v) is 11.8. The molecule has 1 aromatic carbocycles. The quantitative estimate of drug-likeness (QED) is 0.768. The van der Waals surface area contributed by atoms with Crippen LogP contribution in [0.4, 0.5) is 0 Å². The van der Waals surface area contributed by atoms with Crippen LogP contribution in [0.25, 0.3) is 11.0 Å². The van der Waals surface area contributed by atoms with Gasteiger partial charge in [0.1, 0.15) is 11.7 Å². The highest BCUT2D eigenvalue weighted by atomic mass is 16.3. The number of rotatable bonds is 3. The summed E-state index contributed by atoms with van der Waals surface area (Å²) in [5.41, 5.74) is 1.42. The van der Waals surface area contributed by atoms with Gasteiger partial charge in [0.15, 0.2) is 5.65 Å². The first-order chi connectivity index (χ1) is 10.6. The molecule has 110 valence electrons. The van der Waals surface area contributed by atoms with Gasteiger partial charge in [0.05, 0.1) is 30.5 Å². The van der Waals surface area contributed by atoms with Gasteiger partial charge in [-0.2, -0.15) is 10.4 Å². The number of fused-ring (bicyclic) bond motifs is 1. The van der Waals surface area contributed by atoms with Crippen LogP contribution in [0.3, 0.4) is 0 Å². The van der Waals surface area contributed by atoms with Gasteiger partial charge < -0.3 is 5.11 Å². The zero-order valence-electron chi connectivity index (χ0n) is 11.8. The normalized spacial score (nSPS) is 12.2. The van der Waals surface area contributed by atoms with Crippen molar-refractivity contribution in [2.24, 2.45) is 7.05 Å². The van der Waals surface area contributed by atoms with Crippen LogP contribution in [-0.2, 0) is 13.6 Å². The van der Waals surface area contributed by atoms with Crippen molar-refractivity contribution < 1.29 is 5.11 Å². The molecule has 3 aromatic rings. The topological polar surface area (TPSA) is 96.7 Å². The summed E-state index contributed by atoms with van der Waals surface area (Å²) in [4.78, 5) is 16.5. The predicted octanol–water partition coefficient (Wildman–Crippen LogP) is 0.735. The summed E-state index contributed by atoms with van der Waals surface area (Å²) >= 11 is 0. The highest BCUT2D eigenvalue weighted by Crippen LogP contribution is 2.15. The Kier molecular flexibility index (Phi) is 3.45. The zero-order chi connectivity index (χ0) is 15.7. The smallest absolute Gasteiger partial charge is 0.264 e. The molecule has 3 rings (SSSR count). The maximum atomic E-state index is 12.3. The van der Waals surface area contributed by atoms with Crippen LogP contribution in [0.5, 0.6) is 0 Å². The molecule has 0 fully saturated rings. The molecule has 0 radical (unpaired) electrons. The van der Waals surface area contributed by atoms with Crippen LogP contribution in [0, 0.1) is 11.3 Å². The molecule has 0 aliphatic carbocycles. The number of hydrogen-bond donors (Lipinski definition) is 1. The minimum absolute atomic E-state index is 0.0859. The van der Waals surface area contributed by atoms with Crippen molar-refractivity contribution in [3.63, 3.8) is 0 Å². The molecule has 22 heavy (non-hydrogen) atoms. The first kappa shape index (κ1) is 14.0. The van der Waals surface area contributed by atoms with Crippen molar-refractivity contribution in [2.75, 3.05) is 0 Å². The van der Waals surface area contributed by atoms with Crippen LogP contribution < -0.4 is 5.56 Å². The number of nitrogens with zero attached hydrogens (tertiary/aromatic N) is 5. The Hall–Kier alpha value is -2.98. The van der Waals surface area contributed by atoms with Crippen molar-refractivity contribution >= 4 is 11.0 Å². The molecule has 7 heteroatoms. The molecule has 0 amide bonds. The standard InChI is InChI=1S/C15H13N5O2/c1-19-14-12(7-18-19)15(22)20(9-17-14)8-13(21)11-4-2-10(6-16)3-5-11/h2-5,7,9,13,21H,8H2,1H3. The Morgan fingerprint density at radius 1 is 1.36 bits per heavy atom. The van der Waals surface area contributed by atoms with Crippen molar-refractivity contribution in [1.82, 2.24) is 19.3 Å². The van der Waals surface area contributed by atoms with E-state index in [2.05, 4.69) is 10.1 Å². The number of benzene rings is 1. The molecule has 7 nitrogen and oxygen atoms in total. The third-order valence-corrected chi connectivity index (χ3v) is 3.51. The summed E-state index contributed by atoms with van der Waals surface area (Å²) in [5, 5.41) is 23.4. The van der Waals surface area contributed by atoms with E-state index in [1.807, 2.05) is 6.07 Å². The summed E-state index contributed by atoms with van der Waals surface area (Å²) in [7, 11) is 1.71. The molecule has 0 saturated carbocycles. The van der Waals surface area contributed by atoms with E-state index < -0.39 is 6.10 Å². The van der Waals surface area contributed by atoms with Crippen molar-refractivity contribution in [2.45, 2.75) is 12.6 Å². The Bertz CT molecular complexity index is 918. The lowest BCUT2D eigenvalue weighted by molar-refractivity contribution is 0.155. The fourth-order valence-electron chi connectivity index (χ4n) is 2.27. The molecular weight excluding hydrogens is 282 g/mol. The van der Waals surface area contributed by atoms with E-state index in [4.69, 9.17) is 5.26 Å². The first-order valence-corrected chi connectivity index (χ1v) is 6.65. The van der Waals surface area contributed by atoms with Gasteiger partial charge in [-0.25, -0.2) is 4.98 Å². The van der Waals surface area contributed by atoms with Crippen molar-refractivity contribution in [3.8, 4) is 6.07 Å². The van der Waals surface area contributed by atoms with Gasteiger partial charge in [-0.3, -0.25) is 14.0 Å². The van der Waals surface area contributed by atoms with Crippen LogP contribution in [0.15, 0.2) is 41.6 Å². The average molecular weight is 295 g/mol. The second-order valence-corrected chi connectivity index (χ2v) is 4.96. The number of aryl methyl sites for hydroxylation is 1. The molecule has 1 N–H and O–H groups in total. The van der Waals surface area contributed by atoms with E-state index >= 15 is 0 Å². The lowest BCUT2D eigenvalue weighted by Gasteiger charge is -2.12. The Morgan fingerprint density at radius 2 is 2.09 bits per heavy atom. The molecule has 1 atom stereocenters. The van der Waals surface area contributed by atoms with E-state index in [1.165, 1.54) is 21.8 Å². The van der Waals surface area contributed by atoms with Crippen molar-refractivity contribution in [1.29, 1.82) is 5.26 Å². The van der Waals surface area contributed by atoms with Gasteiger partial charge in [0, 0.05) is 7.05 Å². The van der Waals surface area contributed by atoms with Gasteiger partial charge in [0.25, 0.3) is 5.56 Å². The van der Waals surface area contributed by atoms with Gasteiger partial charge >= 0.3 is 0 Å². The predicted molar refractivity (Wildman–Crippen MR) is 78.9 cm³/mol. The van der Waals surface area contributed by atoms with E-state index in [0.717, 1.165) is 0 Å². The number of aliphatic hydroxyl groups excluding tert-OH is 1. The number of aliphatic hydroxyl groups is 1. The third-order valence-electron chi connectivity index (χ3n) is 3.51. The summed E-state index contributed by atoms with van der Waals surface area (Å²) in [6.07, 6.45) is 2.01. The fourth-order valence-corrected chi connectivity index (χ4v) is 2.27. The van der Waals surface area contributed by atoms with Crippen LogP contribution in [-0.4, -0.2) is 24.4 Å². The third kappa shape index (κ3) is 2.36. The lowest BCUT2D eigenvalue weighted by atomic mass is 10.1. The highest BCUT2D eigenvalue weighted by Gasteiger charge is 2.13. The lowest BCUT2D eigenvalue weighted by Crippen LogP contribution is -2.23. The summed E-state index contributed by atoms with van der Waals surface area (Å²) in [6.45, 7) is 0.0859. The second kappa shape index (κ2) is 5.42. The van der Waals surface area contributed by atoms with Gasteiger partial charge in [0.2, 0.25) is 0 Å². The van der Waals surface area contributed by atoms with Crippen LogP contribution in [0.1, 0.15) is 17.2 Å². The minimum Gasteiger partial charge on any atom is -0.387 e. The molecule has 0 saturated heterocycles. The number of aromatic nitrogens is 4. The Labute approximate surface area is 125 Å². The largest absolute Gasteiger partial charge is 0.387 e. The maximum Gasteiger partial charge on any atom is 0.264 e. The monoisotopic (exact) mass is 295 g/mol.